The van der Waals surface area contributed by atoms with Crippen molar-refractivity contribution in [3.05, 3.63) is 0 Å². The van der Waals surface area contributed by atoms with Crippen molar-refractivity contribution in [1.82, 2.24) is 10.2 Å². The lowest BCUT2D eigenvalue weighted by Gasteiger charge is -2.27. The molecule has 14 heavy (non-hydrogen) atoms. The van der Waals surface area contributed by atoms with Crippen molar-refractivity contribution in [1.29, 1.82) is 0 Å². The third kappa shape index (κ3) is 4.40. The second-order valence-corrected chi connectivity index (χ2v) is 4.39. The minimum absolute atomic E-state index is 0.208. The number of nitrogens with zero attached hydrogens (tertiary/aromatic N) is 1. The number of aliphatic hydroxyl groups is 1. The van der Waals surface area contributed by atoms with Crippen molar-refractivity contribution in [2.75, 3.05) is 26.2 Å². The van der Waals surface area contributed by atoms with Gasteiger partial charge in [-0.2, -0.15) is 0 Å². The number of hydrogen-bond donors (Lipinski definition) is 2. The van der Waals surface area contributed by atoms with Gasteiger partial charge in [0.05, 0.1) is 6.10 Å². The van der Waals surface area contributed by atoms with Gasteiger partial charge in [0, 0.05) is 19.1 Å². The third-order valence-corrected chi connectivity index (χ3v) is 3.07. The number of nitrogens with one attached hydrogen (secondary N) is 1. The first kappa shape index (κ1) is 12.0. The molecule has 1 saturated heterocycles. The fourth-order valence-corrected chi connectivity index (χ4v) is 1.80. The van der Waals surface area contributed by atoms with Crippen LogP contribution in [0.25, 0.3) is 0 Å². The molecule has 0 aromatic rings. The predicted octanol–water partition coefficient (Wildman–Crippen LogP) is 0.831. The average Bonchev–Trinajstić information content (AvgIpc) is 2.19. The minimum atomic E-state index is -0.253. The van der Waals surface area contributed by atoms with Crippen LogP contribution in [0.4, 0.5) is 0 Å². The molecule has 1 heterocycles. The van der Waals surface area contributed by atoms with E-state index in [1.165, 1.54) is 32.4 Å². The second-order valence-electron chi connectivity index (χ2n) is 4.39. The van der Waals surface area contributed by atoms with E-state index in [9.17, 15) is 5.11 Å². The first-order valence-electron chi connectivity index (χ1n) is 5.84. The van der Waals surface area contributed by atoms with Crippen LogP contribution in [0.3, 0.4) is 0 Å². The van der Waals surface area contributed by atoms with Crippen molar-refractivity contribution >= 4 is 0 Å². The van der Waals surface area contributed by atoms with Crippen molar-refractivity contribution in [3.8, 4) is 0 Å². The zero-order valence-electron chi connectivity index (χ0n) is 9.50. The maximum Gasteiger partial charge on any atom is 0.0662 e. The molecule has 0 radical (unpaired) electrons. The highest BCUT2D eigenvalue weighted by Crippen LogP contribution is 2.07. The van der Waals surface area contributed by atoms with Crippen LogP contribution in [0.2, 0.25) is 0 Å². The first-order chi connectivity index (χ1) is 6.70. The Morgan fingerprint density at radius 3 is 2.43 bits per heavy atom. The molecule has 0 aliphatic carbocycles. The Bertz CT molecular complexity index is 144. The summed E-state index contributed by atoms with van der Waals surface area (Å²) in [6.07, 6.45) is 3.85. The minimum Gasteiger partial charge on any atom is -0.392 e. The van der Waals surface area contributed by atoms with Crippen LogP contribution in [0.1, 0.15) is 33.1 Å². The molecule has 0 spiro atoms. The Kier molecular flexibility index (Phi) is 5.45. The van der Waals surface area contributed by atoms with E-state index in [0.717, 1.165) is 13.1 Å². The van der Waals surface area contributed by atoms with Gasteiger partial charge in [-0.05, 0) is 39.8 Å². The van der Waals surface area contributed by atoms with Gasteiger partial charge in [0.1, 0.15) is 0 Å². The van der Waals surface area contributed by atoms with E-state index in [-0.39, 0.29) is 12.1 Å². The van der Waals surface area contributed by atoms with Crippen LogP contribution < -0.4 is 5.32 Å². The highest BCUT2D eigenvalue weighted by atomic mass is 16.3. The number of likely N-dealkylation sites (tertiary alicyclic amines) is 1. The summed E-state index contributed by atoms with van der Waals surface area (Å²) in [4.78, 5) is 2.51. The summed E-state index contributed by atoms with van der Waals surface area (Å²) in [5, 5.41) is 12.6. The second kappa shape index (κ2) is 6.38. The van der Waals surface area contributed by atoms with Crippen LogP contribution in [0.5, 0.6) is 0 Å². The van der Waals surface area contributed by atoms with Crippen LogP contribution in [0, 0.1) is 0 Å². The fourth-order valence-electron chi connectivity index (χ4n) is 1.80. The average molecular weight is 200 g/mol. The van der Waals surface area contributed by atoms with Crippen LogP contribution in [-0.4, -0.2) is 48.3 Å². The van der Waals surface area contributed by atoms with Gasteiger partial charge in [-0.15, -0.1) is 0 Å². The highest BCUT2D eigenvalue weighted by molar-refractivity contribution is 4.69. The molecular formula is C11H24N2O. The summed E-state index contributed by atoms with van der Waals surface area (Å²) >= 11 is 0. The van der Waals surface area contributed by atoms with Crippen LogP contribution >= 0.6 is 0 Å². The normalized spacial score (nSPS) is 23.4. The quantitative estimate of drug-likeness (QED) is 0.690. The standard InChI is InChI=1S/C11H24N2O/c1-10(11(2)14)12-6-9-13-7-4-3-5-8-13/h10-12,14H,3-9H2,1-2H3. The van der Waals surface area contributed by atoms with Gasteiger partial charge in [0.25, 0.3) is 0 Å². The molecule has 1 aliphatic rings. The Hall–Kier alpha value is -0.120. The van der Waals surface area contributed by atoms with E-state index < -0.39 is 0 Å². The first-order valence-corrected chi connectivity index (χ1v) is 5.84. The van der Waals surface area contributed by atoms with E-state index in [0.29, 0.717) is 0 Å². The van der Waals surface area contributed by atoms with E-state index in [4.69, 9.17) is 0 Å². The fraction of sp³-hybridized carbons (Fsp3) is 1.00. The molecular weight excluding hydrogens is 176 g/mol. The maximum absolute atomic E-state index is 9.28. The van der Waals surface area contributed by atoms with E-state index in [1.54, 1.807) is 0 Å². The topological polar surface area (TPSA) is 35.5 Å². The molecule has 0 saturated carbocycles. The number of piperidine rings is 1. The smallest absolute Gasteiger partial charge is 0.0662 e. The van der Waals surface area contributed by atoms with Crippen LogP contribution in [0.15, 0.2) is 0 Å². The number of aliphatic hydroxyl groups excluding tert-OH is 1. The van der Waals surface area contributed by atoms with Gasteiger partial charge >= 0.3 is 0 Å². The third-order valence-electron chi connectivity index (χ3n) is 3.07. The zero-order chi connectivity index (χ0) is 10.4. The lowest BCUT2D eigenvalue weighted by molar-refractivity contribution is 0.147. The zero-order valence-corrected chi connectivity index (χ0v) is 9.50. The molecule has 2 atom stereocenters. The Morgan fingerprint density at radius 1 is 1.21 bits per heavy atom. The molecule has 3 nitrogen and oxygen atoms in total. The summed E-state index contributed by atoms with van der Waals surface area (Å²) in [5.74, 6) is 0. The summed E-state index contributed by atoms with van der Waals surface area (Å²) in [7, 11) is 0. The number of rotatable bonds is 5. The van der Waals surface area contributed by atoms with E-state index in [1.807, 2.05) is 13.8 Å². The predicted molar refractivity (Wildman–Crippen MR) is 59.4 cm³/mol. The molecule has 2 N–H and O–H groups in total. The van der Waals surface area contributed by atoms with Gasteiger partial charge in [-0.25, -0.2) is 0 Å². The molecule has 0 amide bonds. The molecule has 2 unspecified atom stereocenters. The maximum atomic E-state index is 9.28. The molecule has 1 rings (SSSR count). The molecule has 1 aliphatic heterocycles. The molecule has 1 fully saturated rings. The molecule has 0 bridgehead atoms. The lowest BCUT2D eigenvalue weighted by atomic mass is 10.1. The van der Waals surface area contributed by atoms with Crippen molar-refractivity contribution < 1.29 is 5.11 Å². The lowest BCUT2D eigenvalue weighted by Crippen LogP contribution is -2.41. The van der Waals surface area contributed by atoms with E-state index >= 15 is 0 Å². The molecule has 3 heteroatoms. The van der Waals surface area contributed by atoms with Gasteiger partial charge in [0.15, 0.2) is 0 Å². The van der Waals surface area contributed by atoms with Crippen molar-refractivity contribution in [2.24, 2.45) is 0 Å². The van der Waals surface area contributed by atoms with Crippen molar-refractivity contribution in [2.45, 2.75) is 45.3 Å². The molecule has 0 aromatic carbocycles. The summed E-state index contributed by atoms with van der Waals surface area (Å²) in [6.45, 7) is 8.48. The largest absolute Gasteiger partial charge is 0.392 e. The SMILES string of the molecule is CC(O)C(C)NCCN1CCCCC1. The van der Waals surface area contributed by atoms with Gasteiger partial charge in [0.2, 0.25) is 0 Å². The summed E-state index contributed by atoms with van der Waals surface area (Å²) in [6, 6.07) is 0.208. The number of hydrogen-bond acceptors (Lipinski definition) is 3. The summed E-state index contributed by atoms with van der Waals surface area (Å²) < 4.78 is 0. The Labute approximate surface area is 87.5 Å². The summed E-state index contributed by atoms with van der Waals surface area (Å²) in [5.41, 5.74) is 0. The van der Waals surface area contributed by atoms with Gasteiger partial charge < -0.3 is 15.3 Å². The van der Waals surface area contributed by atoms with Crippen LogP contribution in [-0.2, 0) is 0 Å². The van der Waals surface area contributed by atoms with Gasteiger partial charge in [-0.3, -0.25) is 0 Å². The molecule has 84 valence electrons. The molecule has 0 aromatic heterocycles. The monoisotopic (exact) mass is 200 g/mol. The van der Waals surface area contributed by atoms with Crippen molar-refractivity contribution in [3.63, 3.8) is 0 Å². The Morgan fingerprint density at radius 2 is 1.86 bits per heavy atom. The highest BCUT2D eigenvalue weighted by Gasteiger charge is 2.11. The van der Waals surface area contributed by atoms with Gasteiger partial charge in [-0.1, -0.05) is 6.42 Å². The van der Waals surface area contributed by atoms with E-state index in [2.05, 4.69) is 10.2 Å². The Balaban J connectivity index is 2.02.